The fourth-order valence-corrected chi connectivity index (χ4v) is 3.90. The van der Waals surface area contributed by atoms with Crippen LogP contribution in [0.5, 0.6) is 0 Å². The molecule has 0 radical (unpaired) electrons. The molecule has 1 aromatic carbocycles. The number of amides is 1. The highest BCUT2D eigenvalue weighted by atomic mass is 19.1. The van der Waals surface area contributed by atoms with Crippen LogP contribution in [0.15, 0.2) is 55.0 Å². The topological polar surface area (TPSA) is 55.1 Å². The van der Waals surface area contributed by atoms with Gasteiger partial charge in [0.05, 0.1) is 11.9 Å². The highest BCUT2D eigenvalue weighted by molar-refractivity contribution is 5.97. The molecule has 1 aliphatic heterocycles. The molecule has 0 aliphatic carbocycles. The zero-order valence-electron chi connectivity index (χ0n) is 16.6. The van der Waals surface area contributed by atoms with E-state index in [-0.39, 0.29) is 11.7 Å². The molecule has 2 aromatic heterocycles. The lowest BCUT2D eigenvalue weighted by molar-refractivity contribution is 0.0938. The molecular weight excluding hydrogens is 369 g/mol. The Labute approximate surface area is 169 Å². The highest BCUT2D eigenvalue weighted by Gasteiger charge is 2.21. The van der Waals surface area contributed by atoms with Crippen molar-refractivity contribution < 1.29 is 9.18 Å². The van der Waals surface area contributed by atoms with Crippen LogP contribution in [0.2, 0.25) is 0 Å². The van der Waals surface area contributed by atoms with Crippen molar-refractivity contribution in [2.75, 3.05) is 19.6 Å². The van der Waals surface area contributed by atoms with Gasteiger partial charge < -0.3 is 9.88 Å². The average molecular weight is 395 g/mol. The van der Waals surface area contributed by atoms with Crippen LogP contribution >= 0.6 is 0 Å². The summed E-state index contributed by atoms with van der Waals surface area (Å²) in [5.41, 5.74) is 1.17. The quantitative estimate of drug-likeness (QED) is 0.696. The van der Waals surface area contributed by atoms with Gasteiger partial charge in [0.25, 0.3) is 5.91 Å². The summed E-state index contributed by atoms with van der Waals surface area (Å²) in [5.74, 6) is 0.158. The first-order valence-electron chi connectivity index (χ1n) is 10.1. The summed E-state index contributed by atoms with van der Waals surface area (Å²) < 4.78 is 16.8. The second kappa shape index (κ2) is 8.61. The van der Waals surface area contributed by atoms with Crippen molar-refractivity contribution in [1.82, 2.24) is 24.6 Å². The molecule has 0 bridgehead atoms. The normalized spacial score (nSPS) is 17.4. The van der Waals surface area contributed by atoms with E-state index in [2.05, 4.69) is 22.2 Å². The molecule has 1 saturated heterocycles. The standard InChI is InChI=1S/C22H26FN5O/c1-17-6-2-3-12-26(17)15-11-24-21(29)20-16-25-28(19-9-7-18(23)8-10-19)22(20)27-13-4-5-14-27/h4-5,7-10,13-14,16-17H,2-3,6,11-12,15H2,1H3,(H,24,29)/t17-/m0/s1. The Balaban J connectivity index is 1.53. The second-order valence-corrected chi connectivity index (χ2v) is 7.50. The number of halogens is 1. The van der Waals surface area contributed by atoms with Gasteiger partial charge in [0.15, 0.2) is 5.82 Å². The van der Waals surface area contributed by atoms with E-state index in [4.69, 9.17) is 0 Å². The molecule has 1 atom stereocenters. The number of hydrogen-bond acceptors (Lipinski definition) is 3. The number of carbonyl (C=O) groups is 1. The van der Waals surface area contributed by atoms with Crippen LogP contribution in [0.25, 0.3) is 11.5 Å². The molecule has 152 valence electrons. The number of hydrogen-bond donors (Lipinski definition) is 1. The first-order chi connectivity index (χ1) is 14.1. The Kier molecular flexibility index (Phi) is 5.76. The SMILES string of the molecule is C[C@H]1CCCCN1CCNC(=O)c1cnn(-c2ccc(F)cc2)c1-n1cccc1. The minimum absolute atomic E-state index is 0.160. The summed E-state index contributed by atoms with van der Waals surface area (Å²) in [7, 11) is 0. The fourth-order valence-electron chi connectivity index (χ4n) is 3.90. The number of aromatic nitrogens is 3. The minimum atomic E-state index is -0.312. The largest absolute Gasteiger partial charge is 0.351 e. The van der Waals surface area contributed by atoms with Crippen LogP contribution in [0, 0.1) is 5.82 Å². The molecule has 1 fully saturated rings. The fraction of sp³-hybridized carbons (Fsp3) is 0.364. The van der Waals surface area contributed by atoms with Crippen molar-refractivity contribution in [3.8, 4) is 11.5 Å². The van der Waals surface area contributed by atoms with Crippen LogP contribution in [0.3, 0.4) is 0 Å². The van der Waals surface area contributed by atoms with Gasteiger partial charge in [-0.05, 0) is 62.7 Å². The molecule has 3 heterocycles. The van der Waals surface area contributed by atoms with E-state index in [9.17, 15) is 9.18 Å². The van der Waals surface area contributed by atoms with Crippen molar-refractivity contribution >= 4 is 5.91 Å². The van der Waals surface area contributed by atoms with Crippen molar-refractivity contribution in [2.24, 2.45) is 0 Å². The van der Waals surface area contributed by atoms with Crippen LogP contribution in [0.4, 0.5) is 4.39 Å². The number of nitrogens with one attached hydrogen (secondary N) is 1. The Hall–Kier alpha value is -2.93. The average Bonchev–Trinajstić information content (AvgIpc) is 3.39. The number of carbonyl (C=O) groups excluding carboxylic acids is 1. The van der Waals surface area contributed by atoms with Gasteiger partial charge in [-0.15, -0.1) is 0 Å². The number of rotatable bonds is 6. The third-order valence-corrected chi connectivity index (χ3v) is 5.53. The van der Waals surface area contributed by atoms with Crippen molar-refractivity contribution in [2.45, 2.75) is 32.2 Å². The zero-order valence-corrected chi connectivity index (χ0v) is 16.6. The van der Waals surface area contributed by atoms with Crippen LogP contribution < -0.4 is 5.32 Å². The summed E-state index contributed by atoms with van der Waals surface area (Å²) in [6.07, 6.45) is 9.02. The minimum Gasteiger partial charge on any atom is -0.351 e. The van der Waals surface area contributed by atoms with Crippen LogP contribution in [-0.4, -0.2) is 50.8 Å². The van der Waals surface area contributed by atoms with Gasteiger partial charge in [0.1, 0.15) is 11.4 Å². The molecular formula is C22H26FN5O. The molecule has 7 heteroatoms. The van der Waals surface area contributed by atoms with E-state index in [1.54, 1.807) is 23.0 Å². The smallest absolute Gasteiger partial charge is 0.256 e. The van der Waals surface area contributed by atoms with Gasteiger partial charge in [-0.25, -0.2) is 9.07 Å². The molecule has 0 saturated carbocycles. The predicted molar refractivity (Wildman–Crippen MR) is 110 cm³/mol. The maximum atomic E-state index is 13.3. The Bertz CT molecular complexity index is 948. The van der Waals surface area contributed by atoms with E-state index in [1.807, 2.05) is 29.1 Å². The maximum Gasteiger partial charge on any atom is 0.256 e. The summed E-state index contributed by atoms with van der Waals surface area (Å²) in [5, 5.41) is 7.44. The lowest BCUT2D eigenvalue weighted by Crippen LogP contribution is -2.42. The molecule has 6 nitrogen and oxygen atoms in total. The third-order valence-electron chi connectivity index (χ3n) is 5.53. The summed E-state index contributed by atoms with van der Waals surface area (Å²) in [6.45, 7) is 4.78. The lowest BCUT2D eigenvalue weighted by Gasteiger charge is -2.33. The van der Waals surface area contributed by atoms with Crippen molar-refractivity contribution in [1.29, 1.82) is 0 Å². The molecule has 0 spiro atoms. The van der Waals surface area contributed by atoms with Gasteiger partial charge in [-0.2, -0.15) is 5.10 Å². The molecule has 29 heavy (non-hydrogen) atoms. The van der Waals surface area contributed by atoms with Crippen LogP contribution in [0.1, 0.15) is 36.5 Å². The molecule has 4 rings (SSSR count). The van der Waals surface area contributed by atoms with E-state index >= 15 is 0 Å². The second-order valence-electron chi connectivity index (χ2n) is 7.50. The molecule has 1 N–H and O–H groups in total. The number of piperidine rings is 1. The summed E-state index contributed by atoms with van der Waals surface area (Å²) in [6, 6.07) is 10.4. The van der Waals surface area contributed by atoms with Gasteiger partial charge in [-0.3, -0.25) is 9.69 Å². The highest BCUT2D eigenvalue weighted by Crippen LogP contribution is 2.20. The van der Waals surface area contributed by atoms with Crippen molar-refractivity contribution in [3.63, 3.8) is 0 Å². The Morgan fingerprint density at radius 1 is 1.21 bits per heavy atom. The van der Waals surface area contributed by atoms with Gasteiger partial charge in [0.2, 0.25) is 0 Å². The Morgan fingerprint density at radius 3 is 2.69 bits per heavy atom. The molecule has 3 aromatic rings. The van der Waals surface area contributed by atoms with E-state index in [0.29, 0.717) is 29.7 Å². The number of nitrogens with zero attached hydrogens (tertiary/aromatic N) is 4. The zero-order chi connectivity index (χ0) is 20.2. The Morgan fingerprint density at radius 2 is 1.97 bits per heavy atom. The van der Waals surface area contributed by atoms with Gasteiger partial charge in [0, 0.05) is 31.5 Å². The predicted octanol–water partition coefficient (Wildman–Crippen LogP) is 3.41. The molecule has 1 amide bonds. The maximum absolute atomic E-state index is 13.3. The number of benzene rings is 1. The number of likely N-dealkylation sites (tertiary alicyclic amines) is 1. The van der Waals surface area contributed by atoms with E-state index in [0.717, 1.165) is 13.1 Å². The van der Waals surface area contributed by atoms with Gasteiger partial charge in [-0.1, -0.05) is 6.42 Å². The first-order valence-corrected chi connectivity index (χ1v) is 10.1. The summed E-state index contributed by atoms with van der Waals surface area (Å²) in [4.78, 5) is 15.4. The van der Waals surface area contributed by atoms with Gasteiger partial charge >= 0.3 is 0 Å². The van der Waals surface area contributed by atoms with E-state index in [1.165, 1.54) is 31.4 Å². The first kappa shape index (κ1) is 19.4. The summed E-state index contributed by atoms with van der Waals surface area (Å²) >= 11 is 0. The van der Waals surface area contributed by atoms with E-state index < -0.39 is 0 Å². The van der Waals surface area contributed by atoms with Crippen molar-refractivity contribution in [3.05, 3.63) is 66.4 Å². The lowest BCUT2D eigenvalue weighted by atomic mass is 10.0. The molecule has 1 aliphatic rings. The van der Waals surface area contributed by atoms with Crippen LogP contribution in [-0.2, 0) is 0 Å². The molecule has 0 unspecified atom stereocenters. The monoisotopic (exact) mass is 395 g/mol. The third kappa shape index (κ3) is 4.24.